The second kappa shape index (κ2) is 6.71. The van der Waals surface area contributed by atoms with Gasteiger partial charge in [0.15, 0.2) is 11.5 Å². The van der Waals surface area contributed by atoms with Crippen LogP contribution in [0, 0.1) is 5.92 Å². The molecule has 1 aliphatic heterocycles. The van der Waals surface area contributed by atoms with Crippen molar-refractivity contribution in [2.45, 2.75) is 52.7 Å². The Bertz CT molecular complexity index is 631. The van der Waals surface area contributed by atoms with E-state index in [-0.39, 0.29) is 17.6 Å². The van der Waals surface area contributed by atoms with E-state index in [1.54, 1.807) is 6.07 Å². The van der Waals surface area contributed by atoms with Crippen LogP contribution in [0.2, 0.25) is 0 Å². The van der Waals surface area contributed by atoms with Crippen LogP contribution in [0.5, 0.6) is 11.5 Å². The normalized spacial score (nSPS) is 17.0. The van der Waals surface area contributed by atoms with Gasteiger partial charge in [-0.1, -0.05) is 27.7 Å². The van der Waals surface area contributed by atoms with Crippen LogP contribution < -0.4 is 4.74 Å². The largest absolute Gasteiger partial charge is 0.504 e. The van der Waals surface area contributed by atoms with E-state index in [4.69, 9.17) is 14.2 Å². The molecule has 24 heavy (non-hydrogen) atoms. The lowest BCUT2D eigenvalue weighted by molar-refractivity contribution is -0.266. The van der Waals surface area contributed by atoms with Crippen LogP contribution in [0.1, 0.15) is 58.1 Å². The standard InChI is InChI=1S/C18H24O6/c1-6-22-17-13(19)8-7-12(16(17)10(2)3)18(11(4)5)23-14(20)9-15(21)24-18/h7-8,10-11,19H,6,9H2,1-5H3. The molecule has 0 atom stereocenters. The van der Waals surface area contributed by atoms with Gasteiger partial charge in [0.25, 0.3) is 5.79 Å². The summed E-state index contributed by atoms with van der Waals surface area (Å²) < 4.78 is 16.7. The lowest BCUT2D eigenvalue weighted by Crippen LogP contribution is -2.47. The molecule has 0 spiro atoms. The molecule has 1 aliphatic rings. The predicted octanol–water partition coefficient (Wildman–Crippen LogP) is 3.21. The van der Waals surface area contributed by atoms with Crippen LogP contribution in [-0.2, 0) is 24.8 Å². The van der Waals surface area contributed by atoms with E-state index in [0.29, 0.717) is 23.5 Å². The van der Waals surface area contributed by atoms with Crippen molar-refractivity contribution in [1.29, 1.82) is 0 Å². The van der Waals surface area contributed by atoms with E-state index < -0.39 is 24.1 Å². The first-order chi connectivity index (χ1) is 11.2. The summed E-state index contributed by atoms with van der Waals surface area (Å²) >= 11 is 0. The van der Waals surface area contributed by atoms with Gasteiger partial charge in [-0.2, -0.15) is 0 Å². The first-order valence-corrected chi connectivity index (χ1v) is 8.15. The molecule has 1 saturated heterocycles. The molecule has 0 aromatic heterocycles. The monoisotopic (exact) mass is 336 g/mol. The number of phenolic OH excluding ortho intramolecular Hbond substituents is 1. The van der Waals surface area contributed by atoms with E-state index in [9.17, 15) is 14.7 Å². The van der Waals surface area contributed by atoms with Gasteiger partial charge in [0.05, 0.1) is 6.61 Å². The van der Waals surface area contributed by atoms with Crippen molar-refractivity contribution < 1.29 is 28.9 Å². The minimum atomic E-state index is -1.52. The number of carbonyl (C=O) groups is 2. The van der Waals surface area contributed by atoms with Gasteiger partial charge in [0, 0.05) is 17.0 Å². The summed E-state index contributed by atoms with van der Waals surface area (Å²) in [7, 11) is 0. The second-order valence-electron chi connectivity index (χ2n) is 6.41. The number of rotatable bonds is 5. The van der Waals surface area contributed by atoms with Crippen molar-refractivity contribution in [3.8, 4) is 11.5 Å². The van der Waals surface area contributed by atoms with Crippen LogP contribution in [0.4, 0.5) is 0 Å². The molecule has 0 unspecified atom stereocenters. The molecular formula is C18H24O6. The van der Waals surface area contributed by atoms with Crippen molar-refractivity contribution >= 4 is 11.9 Å². The Balaban J connectivity index is 2.73. The zero-order chi connectivity index (χ0) is 18.1. The SMILES string of the molecule is CCOc1c(O)ccc(C2(C(C)C)OC(=O)CC(=O)O2)c1C(C)C. The molecule has 0 saturated carbocycles. The second-order valence-corrected chi connectivity index (χ2v) is 6.41. The predicted molar refractivity (Wildman–Crippen MR) is 86.7 cm³/mol. The minimum absolute atomic E-state index is 0.00308. The van der Waals surface area contributed by atoms with Gasteiger partial charge in [-0.15, -0.1) is 0 Å². The quantitative estimate of drug-likeness (QED) is 0.657. The summed E-state index contributed by atoms with van der Waals surface area (Å²) in [5.41, 5.74) is 1.18. The molecule has 0 radical (unpaired) electrons. The highest BCUT2D eigenvalue weighted by molar-refractivity contribution is 5.93. The summed E-state index contributed by atoms with van der Waals surface area (Å²) in [6.07, 6.45) is -0.401. The average Bonchev–Trinajstić information content (AvgIpc) is 2.47. The number of hydrogen-bond donors (Lipinski definition) is 1. The summed E-state index contributed by atoms with van der Waals surface area (Å²) in [6.45, 7) is 9.66. The highest BCUT2D eigenvalue weighted by atomic mass is 16.7. The van der Waals surface area contributed by atoms with Gasteiger partial charge >= 0.3 is 11.9 Å². The number of phenols is 1. The Morgan fingerprint density at radius 2 is 1.75 bits per heavy atom. The van der Waals surface area contributed by atoms with Crippen molar-refractivity contribution in [2.24, 2.45) is 5.92 Å². The molecule has 1 fully saturated rings. The van der Waals surface area contributed by atoms with Crippen molar-refractivity contribution in [2.75, 3.05) is 6.61 Å². The van der Waals surface area contributed by atoms with Crippen LogP contribution in [0.25, 0.3) is 0 Å². The Kier molecular flexibility index (Phi) is 5.06. The van der Waals surface area contributed by atoms with Crippen molar-refractivity contribution in [3.05, 3.63) is 23.3 Å². The van der Waals surface area contributed by atoms with Crippen LogP contribution in [0.3, 0.4) is 0 Å². The number of benzene rings is 1. The topological polar surface area (TPSA) is 82.1 Å². The highest BCUT2D eigenvalue weighted by Gasteiger charge is 2.50. The van der Waals surface area contributed by atoms with E-state index >= 15 is 0 Å². The molecule has 6 heteroatoms. The maximum atomic E-state index is 11.9. The fraction of sp³-hybridized carbons (Fsp3) is 0.556. The summed E-state index contributed by atoms with van der Waals surface area (Å²) in [5, 5.41) is 10.2. The average molecular weight is 336 g/mol. The molecule has 0 aliphatic carbocycles. The van der Waals surface area contributed by atoms with Gasteiger partial charge < -0.3 is 19.3 Å². The molecule has 1 heterocycles. The third-order valence-corrected chi connectivity index (χ3v) is 4.00. The van der Waals surface area contributed by atoms with Crippen molar-refractivity contribution in [3.63, 3.8) is 0 Å². The Morgan fingerprint density at radius 3 is 2.21 bits per heavy atom. The maximum absolute atomic E-state index is 11.9. The fourth-order valence-electron chi connectivity index (χ4n) is 2.97. The van der Waals surface area contributed by atoms with E-state index in [1.165, 1.54) is 6.07 Å². The molecular weight excluding hydrogens is 312 g/mol. The zero-order valence-corrected chi connectivity index (χ0v) is 14.7. The smallest absolute Gasteiger partial charge is 0.320 e. The van der Waals surface area contributed by atoms with Crippen LogP contribution >= 0.6 is 0 Å². The van der Waals surface area contributed by atoms with Gasteiger partial charge in [0.1, 0.15) is 6.42 Å². The molecule has 1 N–H and O–H groups in total. The molecule has 1 aromatic carbocycles. The third-order valence-electron chi connectivity index (χ3n) is 4.00. The molecule has 132 valence electrons. The Morgan fingerprint density at radius 1 is 1.17 bits per heavy atom. The number of ether oxygens (including phenoxy) is 3. The molecule has 0 bridgehead atoms. The fourth-order valence-corrected chi connectivity index (χ4v) is 2.97. The van der Waals surface area contributed by atoms with Gasteiger partial charge in [0.2, 0.25) is 0 Å². The molecule has 6 nitrogen and oxygen atoms in total. The summed E-state index contributed by atoms with van der Waals surface area (Å²) in [6, 6.07) is 3.09. The minimum Gasteiger partial charge on any atom is -0.504 e. The number of esters is 2. The maximum Gasteiger partial charge on any atom is 0.320 e. The molecule has 2 rings (SSSR count). The number of hydrogen-bond acceptors (Lipinski definition) is 6. The van der Waals surface area contributed by atoms with Crippen LogP contribution in [-0.4, -0.2) is 23.7 Å². The molecule has 1 aromatic rings. The lowest BCUT2D eigenvalue weighted by atomic mass is 9.85. The van der Waals surface area contributed by atoms with E-state index in [2.05, 4.69) is 0 Å². The van der Waals surface area contributed by atoms with Gasteiger partial charge in [-0.25, -0.2) is 0 Å². The van der Waals surface area contributed by atoms with E-state index in [1.807, 2.05) is 34.6 Å². The summed E-state index contributed by atoms with van der Waals surface area (Å²) in [5.74, 6) is -2.82. The lowest BCUT2D eigenvalue weighted by Gasteiger charge is -2.40. The molecule has 0 amide bonds. The number of carbonyl (C=O) groups excluding carboxylic acids is 2. The number of cyclic esters (lactones) is 2. The zero-order valence-electron chi connectivity index (χ0n) is 14.7. The van der Waals surface area contributed by atoms with Crippen molar-refractivity contribution in [1.82, 2.24) is 0 Å². The summed E-state index contributed by atoms with van der Waals surface area (Å²) in [4.78, 5) is 23.8. The highest BCUT2D eigenvalue weighted by Crippen LogP contribution is 2.47. The van der Waals surface area contributed by atoms with Gasteiger partial charge in [-0.3, -0.25) is 9.59 Å². The third kappa shape index (κ3) is 3.05. The number of aromatic hydroxyl groups is 1. The first kappa shape index (κ1) is 18.1. The van der Waals surface area contributed by atoms with Crippen LogP contribution in [0.15, 0.2) is 12.1 Å². The Labute approximate surface area is 141 Å². The first-order valence-electron chi connectivity index (χ1n) is 8.15. The van der Waals surface area contributed by atoms with E-state index in [0.717, 1.165) is 0 Å². The Hall–Kier alpha value is -2.24. The van der Waals surface area contributed by atoms with Gasteiger partial charge in [-0.05, 0) is 25.0 Å².